The molecule has 134 valence electrons. The number of hydrogen-bond donors (Lipinski definition) is 1. The molecule has 1 aliphatic carbocycles. The highest BCUT2D eigenvalue weighted by Gasteiger charge is 2.35. The van der Waals surface area contributed by atoms with Crippen molar-refractivity contribution in [3.05, 3.63) is 10.1 Å². The topological polar surface area (TPSA) is 85.1 Å². The Morgan fingerprint density at radius 3 is 2.52 bits per heavy atom. The molecule has 0 aromatic carbocycles. The minimum Gasteiger partial charge on any atom is -0.390 e. The molecular weight excluding hydrogens is 300 g/mol. The van der Waals surface area contributed by atoms with Crippen molar-refractivity contribution in [3.63, 3.8) is 0 Å². The molecule has 1 N–H and O–H groups in total. The van der Waals surface area contributed by atoms with E-state index in [9.17, 15) is 15.2 Å². The third-order valence-electron chi connectivity index (χ3n) is 5.15. The van der Waals surface area contributed by atoms with Crippen LogP contribution in [0.15, 0.2) is 0 Å². The largest absolute Gasteiger partial charge is 0.390 e. The van der Waals surface area contributed by atoms with E-state index in [0.29, 0.717) is 38.3 Å². The summed E-state index contributed by atoms with van der Waals surface area (Å²) in [5.74, 6) is 0. The van der Waals surface area contributed by atoms with Gasteiger partial charge in [0.2, 0.25) is 6.04 Å². The standard InChI is InChI=1S/C16H30N2O5/c1-4-14(19)15-9-11(2)22-16(23-15)10-17(3)12-5-7-13(8-6-12)18(20)21/h11-16,19H,4-10H2,1-3H3. The van der Waals surface area contributed by atoms with Crippen LogP contribution in [0.1, 0.15) is 52.4 Å². The zero-order valence-corrected chi connectivity index (χ0v) is 14.4. The number of nitro groups is 1. The lowest BCUT2D eigenvalue weighted by Gasteiger charge is -2.40. The fraction of sp³-hybridized carbons (Fsp3) is 1.00. The van der Waals surface area contributed by atoms with Crippen LogP contribution in [0.5, 0.6) is 0 Å². The smallest absolute Gasteiger partial charge is 0.213 e. The Balaban J connectivity index is 1.82. The van der Waals surface area contributed by atoms with Gasteiger partial charge in [0.15, 0.2) is 6.29 Å². The second-order valence-electron chi connectivity index (χ2n) is 6.95. The molecule has 4 atom stereocenters. The van der Waals surface area contributed by atoms with Crippen LogP contribution in [0.4, 0.5) is 0 Å². The van der Waals surface area contributed by atoms with E-state index >= 15 is 0 Å². The molecule has 2 rings (SSSR count). The number of hydrogen-bond acceptors (Lipinski definition) is 6. The molecule has 7 heteroatoms. The lowest BCUT2D eigenvalue weighted by Crippen LogP contribution is -2.49. The number of rotatable bonds is 6. The molecule has 1 saturated carbocycles. The van der Waals surface area contributed by atoms with Gasteiger partial charge in [-0.3, -0.25) is 15.0 Å². The van der Waals surface area contributed by atoms with Gasteiger partial charge in [-0.25, -0.2) is 0 Å². The van der Waals surface area contributed by atoms with E-state index in [1.54, 1.807) is 0 Å². The fourth-order valence-electron chi connectivity index (χ4n) is 3.62. The van der Waals surface area contributed by atoms with Crippen LogP contribution < -0.4 is 0 Å². The summed E-state index contributed by atoms with van der Waals surface area (Å²) in [7, 11) is 2.02. The van der Waals surface area contributed by atoms with Crippen LogP contribution in [0.3, 0.4) is 0 Å². The second-order valence-corrected chi connectivity index (χ2v) is 6.95. The molecule has 0 radical (unpaired) electrons. The van der Waals surface area contributed by atoms with E-state index in [0.717, 1.165) is 12.8 Å². The summed E-state index contributed by atoms with van der Waals surface area (Å²) in [6.07, 6.45) is 3.44. The van der Waals surface area contributed by atoms with Gasteiger partial charge in [0, 0.05) is 36.8 Å². The predicted molar refractivity (Wildman–Crippen MR) is 85.8 cm³/mol. The van der Waals surface area contributed by atoms with Gasteiger partial charge in [0.25, 0.3) is 0 Å². The first-order valence-corrected chi connectivity index (χ1v) is 8.73. The second kappa shape index (κ2) is 8.37. The minimum absolute atomic E-state index is 0.0681. The van der Waals surface area contributed by atoms with Crippen molar-refractivity contribution in [2.75, 3.05) is 13.6 Å². The molecule has 0 amide bonds. The average Bonchev–Trinajstić information content (AvgIpc) is 2.53. The molecule has 23 heavy (non-hydrogen) atoms. The first-order chi connectivity index (χ1) is 10.9. The molecule has 1 heterocycles. The van der Waals surface area contributed by atoms with Crippen LogP contribution in [0.25, 0.3) is 0 Å². The summed E-state index contributed by atoms with van der Waals surface area (Å²) >= 11 is 0. The van der Waals surface area contributed by atoms with Crippen LogP contribution >= 0.6 is 0 Å². The van der Waals surface area contributed by atoms with Gasteiger partial charge >= 0.3 is 0 Å². The SMILES string of the molecule is CCC(O)C1CC(C)OC(CN(C)C2CCC([N+](=O)[O-])CC2)O1. The van der Waals surface area contributed by atoms with Crippen LogP contribution in [-0.2, 0) is 9.47 Å². The highest BCUT2D eigenvalue weighted by atomic mass is 16.7. The first-order valence-electron chi connectivity index (χ1n) is 8.73. The predicted octanol–water partition coefficient (Wildman–Crippen LogP) is 1.80. The van der Waals surface area contributed by atoms with Crippen molar-refractivity contribution in [1.82, 2.24) is 4.90 Å². The molecule has 2 aliphatic rings. The third-order valence-corrected chi connectivity index (χ3v) is 5.15. The molecule has 0 aromatic heterocycles. The number of aliphatic hydroxyl groups excluding tert-OH is 1. The molecule has 0 aromatic rings. The van der Waals surface area contributed by atoms with Gasteiger partial charge in [-0.1, -0.05) is 6.92 Å². The lowest BCUT2D eigenvalue weighted by atomic mass is 9.91. The summed E-state index contributed by atoms with van der Waals surface area (Å²) in [6.45, 7) is 4.58. The molecule has 7 nitrogen and oxygen atoms in total. The molecular formula is C16H30N2O5. The molecule has 4 unspecified atom stereocenters. The normalized spacial score (nSPS) is 36.8. The molecule has 2 fully saturated rings. The van der Waals surface area contributed by atoms with Crippen LogP contribution in [0, 0.1) is 10.1 Å². The summed E-state index contributed by atoms with van der Waals surface area (Å²) < 4.78 is 11.8. The van der Waals surface area contributed by atoms with Crippen LogP contribution in [0.2, 0.25) is 0 Å². The summed E-state index contributed by atoms with van der Waals surface area (Å²) in [6, 6.07) is -0.0453. The number of ether oxygens (including phenoxy) is 2. The van der Waals surface area contributed by atoms with E-state index in [2.05, 4.69) is 4.90 Å². The molecule has 0 spiro atoms. The maximum Gasteiger partial charge on any atom is 0.213 e. The van der Waals surface area contributed by atoms with E-state index < -0.39 is 6.10 Å². The van der Waals surface area contributed by atoms with Gasteiger partial charge in [0.1, 0.15) is 0 Å². The highest BCUT2D eigenvalue weighted by Crippen LogP contribution is 2.26. The molecule has 1 saturated heterocycles. The Morgan fingerprint density at radius 2 is 1.96 bits per heavy atom. The Morgan fingerprint density at radius 1 is 1.30 bits per heavy atom. The lowest BCUT2D eigenvalue weighted by molar-refractivity contribution is -0.526. The van der Waals surface area contributed by atoms with Crippen LogP contribution in [-0.4, -0.2) is 65.2 Å². The molecule has 0 bridgehead atoms. The van der Waals surface area contributed by atoms with E-state index in [-0.39, 0.29) is 29.5 Å². The first kappa shape index (κ1) is 18.6. The fourth-order valence-corrected chi connectivity index (χ4v) is 3.62. The summed E-state index contributed by atoms with van der Waals surface area (Å²) in [4.78, 5) is 12.9. The summed E-state index contributed by atoms with van der Waals surface area (Å²) in [5.41, 5.74) is 0. The van der Waals surface area contributed by atoms with Crippen molar-refractivity contribution in [1.29, 1.82) is 0 Å². The van der Waals surface area contributed by atoms with Gasteiger partial charge in [-0.15, -0.1) is 0 Å². The summed E-state index contributed by atoms with van der Waals surface area (Å²) in [5, 5.41) is 20.9. The zero-order valence-electron chi connectivity index (χ0n) is 14.4. The zero-order chi connectivity index (χ0) is 17.0. The van der Waals surface area contributed by atoms with E-state index in [1.807, 2.05) is 20.9 Å². The third kappa shape index (κ3) is 5.11. The van der Waals surface area contributed by atoms with Gasteiger partial charge in [-0.05, 0) is 33.2 Å². The quantitative estimate of drug-likeness (QED) is 0.590. The van der Waals surface area contributed by atoms with Crippen molar-refractivity contribution in [2.24, 2.45) is 0 Å². The van der Waals surface area contributed by atoms with Crippen molar-refractivity contribution in [2.45, 2.75) is 89.1 Å². The van der Waals surface area contributed by atoms with Crippen molar-refractivity contribution >= 4 is 0 Å². The Bertz CT molecular complexity index is 387. The van der Waals surface area contributed by atoms with Gasteiger partial charge < -0.3 is 14.6 Å². The monoisotopic (exact) mass is 330 g/mol. The van der Waals surface area contributed by atoms with E-state index in [4.69, 9.17) is 9.47 Å². The number of nitrogens with zero attached hydrogens (tertiary/aromatic N) is 2. The Hall–Kier alpha value is -0.760. The van der Waals surface area contributed by atoms with E-state index in [1.165, 1.54) is 0 Å². The van der Waals surface area contributed by atoms with Gasteiger partial charge in [0.05, 0.1) is 18.3 Å². The number of likely N-dealkylation sites (N-methyl/N-ethyl adjacent to an activating group) is 1. The van der Waals surface area contributed by atoms with Gasteiger partial charge in [-0.2, -0.15) is 0 Å². The maximum atomic E-state index is 10.8. The number of aliphatic hydroxyl groups is 1. The van der Waals surface area contributed by atoms with Crippen molar-refractivity contribution < 1.29 is 19.5 Å². The minimum atomic E-state index is -0.454. The Kier molecular flexibility index (Phi) is 6.76. The molecule has 1 aliphatic heterocycles. The maximum absolute atomic E-state index is 10.8. The van der Waals surface area contributed by atoms with Crippen molar-refractivity contribution in [3.8, 4) is 0 Å². The average molecular weight is 330 g/mol. The Labute approximate surface area is 138 Å². The highest BCUT2D eigenvalue weighted by molar-refractivity contribution is 4.81.